The maximum absolute atomic E-state index is 13.0. The third kappa shape index (κ3) is 2.17. The van der Waals surface area contributed by atoms with E-state index in [1.165, 1.54) is 12.1 Å². The molecule has 3 aliphatic heterocycles. The molecule has 3 saturated heterocycles. The van der Waals surface area contributed by atoms with Gasteiger partial charge in [0.1, 0.15) is 25.2 Å². The third-order valence-corrected chi connectivity index (χ3v) is 5.87. The predicted octanol–water partition coefficient (Wildman–Crippen LogP) is -6.02. The second kappa shape index (κ2) is 5.44. The van der Waals surface area contributed by atoms with E-state index < -0.39 is 11.1 Å². The number of halogens is 2. The molecule has 0 aromatic rings. The lowest BCUT2D eigenvalue weighted by Crippen LogP contribution is -3.00. The lowest BCUT2D eigenvalue weighted by Gasteiger charge is -2.41. The minimum Gasteiger partial charge on any atom is -1.00 e. The van der Waals surface area contributed by atoms with Crippen molar-refractivity contribution < 1.29 is 43.5 Å². The summed E-state index contributed by atoms with van der Waals surface area (Å²) >= 11 is 0. The Kier molecular flexibility index (Phi) is 4.40. The molecule has 4 rings (SSSR count). The van der Waals surface area contributed by atoms with E-state index in [0.29, 0.717) is 17.6 Å². The van der Waals surface area contributed by atoms with E-state index in [0.717, 1.165) is 5.71 Å². The molecule has 8 heteroatoms. The van der Waals surface area contributed by atoms with Crippen LogP contribution in [0.1, 0.15) is 20.3 Å². The zero-order valence-electron chi connectivity index (χ0n) is 15.4. The summed E-state index contributed by atoms with van der Waals surface area (Å²) in [6.45, 7) is 4.08. The molecule has 1 unspecified atom stereocenters. The number of fused-ring (bicyclic) bond motifs is 5. The first kappa shape index (κ1) is 20.2. The van der Waals surface area contributed by atoms with Crippen LogP contribution in [0.4, 0.5) is 0 Å². The van der Waals surface area contributed by atoms with Crippen LogP contribution >= 0.6 is 0 Å². The average Bonchev–Trinajstić information content (AvgIpc) is 2.94. The van der Waals surface area contributed by atoms with E-state index in [-0.39, 0.29) is 36.6 Å². The summed E-state index contributed by atoms with van der Waals surface area (Å²) in [5, 5.41) is 0. The molecule has 0 aromatic heterocycles. The van der Waals surface area contributed by atoms with Crippen LogP contribution in [-0.2, 0) is 9.59 Å². The van der Waals surface area contributed by atoms with Crippen molar-refractivity contribution in [2.24, 2.45) is 0 Å². The van der Waals surface area contributed by atoms with Gasteiger partial charge >= 0.3 is 6.04 Å². The lowest BCUT2D eigenvalue weighted by molar-refractivity contribution is -0.740. The smallest absolute Gasteiger partial charge is 0.319 e. The summed E-state index contributed by atoms with van der Waals surface area (Å²) in [5.74, 6) is 0.105. The predicted molar refractivity (Wildman–Crippen MR) is 84.8 cm³/mol. The average molecular weight is 387 g/mol. The molecule has 1 aliphatic carbocycles. The Labute approximate surface area is 161 Å². The summed E-state index contributed by atoms with van der Waals surface area (Å²) in [6.07, 6.45) is 4.50. The van der Waals surface area contributed by atoms with Gasteiger partial charge in [-0.2, -0.15) is 0 Å². The van der Waals surface area contributed by atoms with E-state index in [1.807, 2.05) is 32.8 Å². The summed E-state index contributed by atoms with van der Waals surface area (Å²) < 4.78 is 2.76. The monoisotopic (exact) mass is 386 g/mol. The van der Waals surface area contributed by atoms with Crippen molar-refractivity contribution >= 4 is 17.5 Å². The van der Waals surface area contributed by atoms with E-state index in [1.54, 1.807) is 4.90 Å². The van der Waals surface area contributed by atoms with Gasteiger partial charge < -0.3 is 34.6 Å². The Morgan fingerprint density at radius 2 is 1.72 bits per heavy atom. The van der Waals surface area contributed by atoms with Crippen LogP contribution in [0.3, 0.4) is 0 Å². The zero-order chi connectivity index (χ0) is 16.9. The SMILES string of the molecule is C[N+](C)=C1C=CC2(CC(=O)N3CN2C(=O)C3(C)C)[C]2[C]1[N+]2(C)C.[Cl-].[Cl-]. The molecule has 1 atom stereocenters. The fourth-order valence-corrected chi connectivity index (χ4v) is 4.55. The normalized spacial score (nSPS) is 31.7. The maximum Gasteiger partial charge on any atom is 0.319 e. The standard InChI is InChI=1S/C17H24N4O2.2ClH/c1-16(2)15(23)20-10-19(16)12(22)9-17(20)8-7-11(18(3)4)13-14(17)21(13,5)6;;/h7-8H,9-10H2,1-6H3;2*1H/q+2;;/p-2. The van der Waals surface area contributed by atoms with Crippen molar-refractivity contribution in [1.29, 1.82) is 0 Å². The van der Waals surface area contributed by atoms with Crippen LogP contribution in [0.5, 0.6) is 0 Å². The second-order valence-corrected chi connectivity index (χ2v) is 8.12. The summed E-state index contributed by atoms with van der Waals surface area (Å²) in [7, 11) is 8.31. The number of quaternary nitrogens is 1. The molecular weight excluding hydrogens is 363 g/mol. The van der Waals surface area contributed by atoms with Crippen molar-refractivity contribution in [2.75, 3.05) is 34.9 Å². The topological polar surface area (TPSA) is 43.6 Å². The minimum absolute atomic E-state index is 0. The molecule has 138 valence electrons. The third-order valence-electron chi connectivity index (χ3n) is 5.87. The first-order valence-electron chi connectivity index (χ1n) is 8.01. The van der Waals surface area contributed by atoms with E-state index >= 15 is 0 Å². The summed E-state index contributed by atoms with van der Waals surface area (Å²) in [5.41, 5.74) is -0.167. The Hall–Kier alpha value is -1.11. The van der Waals surface area contributed by atoms with Crippen molar-refractivity contribution in [3.05, 3.63) is 24.2 Å². The molecule has 2 bridgehead atoms. The van der Waals surface area contributed by atoms with Gasteiger partial charge in [-0.3, -0.25) is 14.1 Å². The Bertz CT molecular complexity index is 711. The van der Waals surface area contributed by atoms with Gasteiger partial charge in [0.25, 0.3) is 11.8 Å². The van der Waals surface area contributed by atoms with Crippen molar-refractivity contribution in [3.63, 3.8) is 0 Å². The number of hydrogen-bond donors (Lipinski definition) is 0. The van der Waals surface area contributed by atoms with Gasteiger partial charge in [0.15, 0.2) is 0 Å². The van der Waals surface area contributed by atoms with E-state index in [9.17, 15) is 9.59 Å². The first-order valence-corrected chi connectivity index (χ1v) is 8.01. The molecule has 25 heavy (non-hydrogen) atoms. The molecule has 3 heterocycles. The molecular formula is C17H24Cl2N4O2. The number of hydrogen-bond acceptors (Lipinski definition) is 2. The quantitative estimate of drug-likeness (QED) is 0.236. The van der Waals surface area contributed by atoms with Crippen molar-refractivity contribution in [1.82, 2.24) is 9.80 Å². The molecule has 0 N–H and O–H groups in total. The molecule has 1 spiro atoms. The van der Waals surface area contributed by atoms with Gasteiger partial charge in [0, 0.05) is 6.08 Å². The van der Waals surface area contributed by atoms with Gasteiger partial charge in [-0.1, -0.05) is 0 Å². The van der Waals surface area contributed by atoms with Gasteiger partial charge in [-0.25, -0.2) is 4.58 Å². The summed E-state index contributed by atoms with van der Waals surface area (Å²) in [6, 6.07) is 2.42. The zero-order valence-corrected chi connectivity index (χ0v) is 16.9. The number of likely N-dealkylation sites (N-methyl/N-ethyl adjacent to an activating group) is 1. The van der Waals surface area contributed by atoms with Crippen LogP contribution in [0.2, 0.25) is 0 Å². The van der Waals surface area contributed by atoms with Gasteiger partial charge in [-0.05, 0) is 19.9 Å². The van der Waals surface area contributed by atoms with Crippen LogP contribution in [0, 0.1) is 12.1 Å². The van der Waals surface area contributed by atoms with E-state index in [4.69, 9.17) is 0 Å². The van der Waals surface area contributed by atoms with Crippen LogP contribution in [-0.4, -0.2) is 82.3 Å². The highest BCUT2D eigenvalue weighted by atomic mass is 35.5. The molecule has 3 fully saturated rings. The number of nitrogens with zero attached hydrogens (tertiary/aromatic N) is 4. The van der Waals surface area contributed by atoms with Crippen molar-refractivity contribution in [3.8, 4) is 0 Å². The molecule has 6 nitrogen and oxygen atoms in total. The molecule has 2 amide bonds. The Morgan fingerprint density at radius 3 is 2.28 bits per heavy atom. The van der Waals surface area contributed by atoms with Crippen LogP contribution < -0.4 is 24.8 Å². The Morgan fingerprint density at radius 1 is 1.12 bits per heavy atom. The summed E-state index contributed by atoms with van der Waals surface area (Å²) in [4.78, 5) is 29.3. The Balaban J connectivity index is 0.00000113. The van der Waals surface area contributed by atoms with Gasteiger partial charge in [0.05, 0.1) is 27.2 Å². The fraction of sp³-hybridized carbons (Fsp3) is 0.588. The number of carbonyl (C=O) groups excluding carboxylic acids is 2. The van der Waals surface area contributed by atoms with Gasteiger partial charge in [0.2, 0.25) is 11.8 Å². The number of rotatable bonds is 0. The van der Waals surface area contributed by atoms with Crippen LogP contribution in [0.15, 0.2) is 12.2 Å². The number of carbonyl (C=O) groups is 2. The molecule has 0 aromatic carbocycles. The van der Waals surface area contributed by atoms with Crippen molar-refractivity contribution in [2.45, 2.75) is 31.3 Å². The minimum atomic E-state index is -0.743. The highest BCUT2D eigenvalue weighted by Gasteiger charge is 2.83. The number of amides is 2. The fourth-order valence-electron chi connectivity index (χ4n) is 4.55. The second-order valence-electron chi connectivity index (χ2n) is 8.12. The molecule has 2 radical (unpaired) electrons. The first-order chi connectivity index (χ1) is 10.5. The van der Waals surface area contributed by atoms with Gasteiger partial charge in [-0.15, -0.1) is 0 Å². The lowest BCUT2D eigenvalue weighted by atomic mass is 9.81. The maximum atomic E-state index is 13.0. The van der Waals surface area contributed by atoms with Crippen LogP contribution in [0.25, 0.3) is 0 Å². The largest absolute Gasteiger partial charge is 1.00 e. The highest BCUT2D eigenvalue weighted by Crippen LogP contribution is 2.64. The molecule has 0 saturated carbocycles. The molecule has 4 aliphatic rings. The van der Waals surface area contributed by atoms with E-state index in [2.05, 4.69) is 30.8 Å². The highest BCUT2D eigenvalue weighted by molar-refractivity contribution is 6.09.